The van der Waals surface area contributed by atoms with Crippen LogP contribution in [0, 0.1) is 5.92 Å². The molecule has 2 aromatic carbocycles. The number of anilines is 2. The highest BCUT2D eigenvalue weighted by molar-refractivity contribution is 5.95. The molecule has 0 aromatic heterocycles. The van der Waals surface area contributed by atoms with E-state index >= 15 is 0 Å². The summed E-state index contributed by atoms with van der Waals surface area (Å²) in [6.07, 6.45) is 1.98. The number of carbonyl (C=O) groups is 2. The fourth-order valence-corrected chi connectivity index (χ4v) is 3.46. The number of hydrogen-bond acceptors (Lipinski definition) is 3. The number of amides is 2. The van der Waals surface area contributed by atoms with E-state index in [2.05, 4.69) is 36.3 Å². The summed E-state index contributed by atoms with van der Waals surface area (Å²) in [5.74, 6) is 0.189. The molecule has 0 aliphatic heterocycles. The second kappa shape index (κ2) is 9.12. The van der Waals surface area contributed by atoms with Gasteiger partial charge in [-0.3, -0.25) is 9.59 Å². The highest BCUT2D eigenvalue weighted by atomic mass is 16.2. The molecule has 2 amide bonds. The Kier molecular flexibility index (Phi) is 6.57. The molecule has 5 nitrogen and oxygen atoms in total. The van der Waals surface area contributed by atoms with Crippen LogP contribution in [0.1, 0.15) is 62.5 Å². The first-order valence-electron chi connectivity index (χ1n) is 10.5. The SMILES string of the molecule is CCN(c1ccc(C(=O)N[C@@H](C)c2ccc(NC(=O)C3CC3)cc2)cc1)C(C)C. The maximum atomic E-state index is 12.6. The third-order valence-electron chi connectivity index (χ3n) is 5.40. The van der Waals surface area contributed by atoms with Gasteiger partial charge in [-0.1, -0.05) is 12.1 Å². The predicted molar refractivity (Wildman–Crippen MR) is 118 cm³/mol. The Morgan fingerprint density at radius 3 is 2.14 bits per heavy atom. The van der Waals surface area contributed by atoms with Gasteiger partial charge < -0.3 is 15.5 Å². The number of hydrogen-bond donors (Lipinski definition) is 2. The number of nitrogens with one attached hydrogen (secondary N) is 2. The van der Waals surface area contributed by atoms with Crippen molar-refractivity contribution in [3.63, 3.8) is 0 Å². The summed E-state index contributed by atoms with van der Waals surface area (Å²) in [6, 6.07) is 15.7. The molecule has 0 heterocycles. The average molecular weight is 394 g/mol. The molecule has 0 radical (unpaired) electrons. The van der Waals surface area contributed by atoms with E-state index in [-0.39, 0.29) is 23.8 Å². The molecule has 1 saturated carbocycles. The van der Waals surface area contributed by atoms with E-state index in [9.17, 15) is 9.59 Å². The lowest BCUT2D eigenvalue weighted by atomic mass is 10.1. The van der Waals surface area contributed by atoms with Crippen molar-refractivity contribution in [1.29, 1.82) is 0 Å². The van der Waals surface area contributed by atoms with Crippen molar-refractivity contribution in [2.45, 2.75) is 52.6 Å². The lowest BCUT2D eigenvalue weighted by Crippen LogP contribution is -2.30. The molecule has 2 aromatic rings. The molecule has 1 atom stereocenters. The van der Waals surface area contributed by atoms with Crippen LogP contribution in [0.4, 0.5) is 11.4 Å². The molecule has 29 heavy (non-hydrogen) atoms. The summed E-state index contributed by atoms with van der Waals surface area (Å²) >= 11 is 0. The van der Waals surface area contributed by atoms with E-state index in [4.69, 9.17) is 0 Å². The van der Waals surface area contributed by atoms with Crippen LogP contribution in [0.2, 0.25) is 0 Å². The van der Waals surface area contributed by atoms with Crippen molar-refractivity contribution in [1.82, 2.24) is 5.32 Å². The largest absolute Gasteiger partial charge is 0.369 e. The fraction of sp³-hybridized carbons (Fsp3) is 0.417. The van der Waals surface area contributed by atoms with Crippen LogP contribution < -0.4 is 15.5 Å². The van der Waals surface area contributed by atoms with Crippen LogP contribution in [0.15, 0.2) is 48.5 Å². The maximum absolute atomic E-state index is 12.6. The zero-order valence-corrected chi connectivity index (χ0v) is 17.7. The molecular weight excluding hydrogens is 362 g/mol. The molecule has 0 bridgehead atoms. The minimum Gasteiger partial charge on any atom is -0.369 e. The van der Waals surface area contributed by atoms with Gasteiger partial charge in [-0.15, -0.1) is 0 Å². The van der Waals surface area contributed by atoms with Crippen molar-refractivity contribution >= 4 is 23.2 Å². The Morgan fingerprint density at radius 2 is 1.62 bits per heavy atom. The Morgan fingerprint density at radius 1 is 1.00 bits per heavy atom. The Bertz CT molecular complexity index is 839. The van der Waals surface area contributed by atoms with E-state index in [0.29, 0.717) is 11.6 Å². The molecular formula is C24H31N3O2. The van der Waals surface area contributed by atoms with Gasteiger partial charge >= 0.3 is 0 Å². The Hall–Kier alpha value is -2.82. The Balaban J connectivity index is 1.58. The number of nitrogens with zero attached hydrogens (tertiary/aromatic N) is 1. The summed E-state index contributed by atoms with van der Waals surface area (Å²) in [7, 11) is 0. The summed E-state index contributed by atoms with van der Waals surface area (Å²) in [4.78, 5) is 26.8. The summed E-state index contributed by atoms with van der Waals surface area (Å²) < 4.78 is 0. The van der Waals surface area contributed by atoms with Gasteiger partial charge in [0, 0.05) is 35.4 Å². The molecule has 1 fully saturated rings. The lowest BCUT2D eigenvalue weighted by Gasteiger charge is -2.27. The molecule has 0 spiro atoms. The second-order valence-electron chi connectivity index (χ2n) is 8.01. The van der Waals surface area contributed by atoms with E-state index in [0.717, 1.165) is 36.3 Å². The van der Waals surface area contributed by atoms with Gasteiger partial charge in [0.05, 0.1) is 6.04 Å². The standard InChI is InChI=1S/C24H31N3O2/c1-5-27(16(2)3)22-14-10-20(11-15-22)23(28)25-17(4)18-8-12-21(13-9-18)26-24(29)19-6-7-19/h8-17,19H,5-7H2,1-4H3,(H,25,28)(H,26,29)/t17-/m0/s1. The molecule has 0 saturated heterocycles. The van der Waals surface area contributed by atoms with Crippen molar-refractivity contribution in [2.75, 3.05) is 16.8 Å². The summed E-state index contributed by atoms with van der Waals surface area (Å²) in [6.45, 7) is 9.34. The third kappa shape index (κ3) is 5.37. The van der Waals surface area contributed by atoms with Crippen molar-refractivity contribution in [3.8, 4) is 0 Å². The van der Waals surface area contributed by atoms with E-state index < -0.39 is 0 Å². The smallest absolute Gasteiger partial charge is 0.251 e. The monoisotopic (exact) mass is 393 g/mol. The molecule has 0 unspecified atom stereocenters. The molecule has 1 aliphatic carbocycles. The van der Waals surface area contributed by atoms with Crippen molar-refractivity contribution in [3.05, 3.63) is 59.7 Å². The maximum Gasteiger partial charge on any atom is 0.251 e. The topological polar surface area (TPSA) is 61.4 Å². The quantitative estimate of drug-likeness (QED) is 0.680. The van der Waals surface area contributed by atoms with Gasteiger partial charge in [-0.05, 0) is 82.5 Å². The van der Waals surface area contributed by atoms with Crippen molar-refractivity contribution < 1.29 is 9.59 Å². The summed E-state index contributed by atoms with van der Waals surface area (Å²) in [5.41, 5.74) is 3.56. The van der Waals surface area contributed by atoms with Gasteiger partial charge in [0.15, 0.2) is 0 Å². The van der Waals surface area contributed by atoms with Gasteiger partial charge in [-0.2, -0.15) is 0 Å². The number of benzene rings is 2. The van der Waals surface area contributed by atoms with E-state index in [1.165, 1.54) is 0 Å². The first-order chi connectivity index (χ1) is 13.9. The van der Waals surface area contributed by atoms with Crippen LogP contribution >= 0.6 is 0 Å². The van der Waals surface area contributed by atoms with Crippen LogP contribution in [-0.2, 0) is 4.79 Å². The molecule has 3 rings (SSSR count). The number of carbonyl (C=O) groups excluding carboxylic acids is 2. The molecule has 2 N–H and O–H groups in total. The lowest BCUT2D eigenvalue weighted by molar-refractivity contribution is -0.117. The molecule has 1 aliphatic rings. The average Bonchev–Trinajstić information content (AvgIpc) is 3.54. The first-order valence-corrected chi connectivity index (χ1v) is 10.5. The normalized spacial score (nSPS) is 14.4. The number of rotatable bonds is 8. The van der Waals surface area contributed by atoms with E-state index in [1.807, 2.05) is 55.5 Å². The van der Waals surface area contributed by atoms with Crippen LogP contribution in [0.5, 0.6) is 0 Å². The zero-order chi connectivity index (χ0) is 21.0. The van der Waals surface area contributed by atoms with Crippen LogP contribution in [0.3, 0.4) is 0 Å². The van der Waals surface area contributed by atoms with E-state index in [1.54, 1.807) is 0 Å². The van der Waals surface area contributed by atoms with Gasteiger partial charge in [0.25, 0.3) is 5.91 Å². The molecule has 154 valence electrons. The van der Waals surface area contributed by atoms with Gasteiger partial charge in [0.1, 0.15) is 0 Å². The van der Waals surface area contributed by atoms with Crippen LogP contribution in [0.25, 0.3) is 0 Å². The zero-order valence-electron chi connectivity index (χ0n) is 17.7. The minimum atomic E-state index is -0.127. The fourth-order valence-electron chi connectivity index (χ4n) is 3.46. The highest BCUT2D eigenvalue weighted by Gasteiger charge is 2.29. The minimum absolute atomic E-state index is 0.0947. The van der Waals surface area contributed by atoms with Crippen molar-refractivity contribution in [2.24, 2.45) is 5.92 Å². The van der Waals surface area contributed by atoms with Gasteiger partial charge in [-0.25, -0.2) is 0 Å². The molecule has 5 heteroatoms. The first kappa shape index (κ1) is 20.9. The van der Waals surface area contributed by atoms with Crippen LogP contribution in [-0.4, -0.2) is 24.4 Å². The Labute approximate surface area is 173 Å². The second-order valence-corrected chi connectivity index (χ2v) is 8.01. The third-order valence-corrected chi connectivity index (χ3v) is 5.40. The summed E-state index contributed by atoms with van der Waals surface area (Å²) in [5, 5.41) is 5.98. The highest BCUT2D eigenvalue weighted by Crippen LogP contribution is 2.30. The van der Waals surface area contributed by atoms with Gasteiger partial charge in [0.2, 0.25) is 5.91 Å². The predicted octanol–water partition coefficient (Wildman–Crippen LogP) is 4.76.